The van der Waals surface area contributed by atoms with Gasteiger partial charge in [-0.25, -0.2) is 9.69 Å². The number of carbonyl (C=O) groups excluding carboxylic acids is 3. The summed E-state index contributed by atoms with van der Waals surface area (Å²) in [5.74, 6) is -0.362. The van der Waals surface area contributed by atoms with Crippen LogP contribution in [0, 0.1) is 12.3 Å². The molecule has 2 atom stereocenters. The second-order valence-electron chi connectivity index (χ2n) is 9.90. The van der Waals surface area contributed by atoms with E-state index in [1.807, 2.05) is 52.0 Å². The minimum absolute atomic E-state index is 0.126. The van der Waals surface area contributed by atoms with Crippen molar-refractivity contribution in [1.29, 1.82) is 0 Å². The van der Waals surface area contributed by atoms with E-state index in [4.69, 9.17) is 4.74 Å². The lowest BCUT2D eigenvalue weighted by molar-refractivity contribution is -0.212. The fraction of sp³-hybridized carbons (Fsp3) is 0.690. The number of aryl methyl sites for hydroxylation is 1. The van der Waals surface area contributed by atoms with E-state index in [1.165, 1.54) is 4.90 Å². The van der Waals surface area contributed by atoms with E-state index in [9.17, 15) is 14.4 Å². The molecule has 1 aromatic rings. The average Bonchev–Trinajstić information content (AvgIpc) is 2.90. The molecule has 1 unspecified atom stereocenters. The van der Waals surface area contributed by atoms with Gasteiger partial charge in [0.1, 0.15) is 6.61 Å². The number of β-lactam (4-membered cyclic amide) rings is 1. The predicted molar refractivity (Wildman–Crippen MR) is 147 cm³/mol. The molecule has 0 radical (unpaired) electrons. The van der Waals surface area contributed by atoms with E-state index < -0.39 is 17.7 Å². The molecule has 0 aromatic heterocycles. The number of likely N-dealkylation sites (tertiary alicyclic amines) is 1. The highest BCUT2D eigenvalue weighted by Gasteiger charge is 2.62. The van der Waals surface area contributed by atoms with E-state index in [0.717, 1.165) is 43.6 Å². The number of hydrogen-bond donors (Lipinski definition) is 1. The van der Waals surface area contributed by atoms with E-state index in [-0.39, 0.29) is 24.5 Å². The summed E-state index contributed by atoms with van der Waals surface area (Å²) in [6.45, 7) is 17.8. The average molecular weight is 517 g/mol. The molecule has 1 heterocycles. The molecular formula is C29H48N4O4. The lowest BCUT2D eigenvalue weighted by Gasteiger charge is -2.53. The Kier molecular flexibility index (Phi) is 12.0. The smallest absolute Gasteiger partial charge is 0.326 e. The number of urea groups is 1. The van der Waals surface area contributed by atoms with Gasteiger partial charge < -0.3 is 19.9 Å². The second-order valence-corrected chi connectivity index (χ2v) is 9.90. The highest BCUT2D eigenvalue weighted by molar-refractivity contribution is 6.03. The zero-order valence-electron chi connectivity index (χ0n) is 24.0. The van der Waals surface area contributed by atoms with Crippen molar-refractivity contribution in [2.45, 2.75) is 86.4 Å². The van der Waals surface area contributed by atoms with E-state index in [2.05, 4.69) is 31.0 Å². The summed E-state index contributed by atoms with van der Waals surface area (Å²) in [5.41, 5.74) is 1.36. The maximum absolute atomic E-state index is 13.4. The number of nitrogens with zero attached hydrogens (tertiary/aromatic N) is 3. The number of benzene rings is 1. The molecule has 1 aliphatic heterocycles. The molecule has 0 saturated carbocycles. The van der Waals surface area contributed by atoms with Crippen LogP contribution in [0.25, 0.3) is 0 Å². The number of amides is 4. The number of carbonyl (C=O) groups is 3. The summed E-state index contributed by atoms with van der Waals surface area (Å²) < 4.78 is 6.09. The summed E-state index contributed by atoms with van der Waals surface area (Å²) in [6.07, 6.45) is 1.96. The van der Waals surface area contributed by atoms with Crippen molar-refractivity contribution in [3.8, 4) is 0 Å². The number of nitrogens with one attached hydrogen (secondary N) is 1. The molecule has 8 heteroatoms. The van der Waals surface area contributed by atoms with Crippen LogP contribution in [0.15, 0.2) is 24.3 Å². The minimum Gasteiger partial charge on any atom is -0.347 e. The molecule has 0 bridgehead atoms. The van der Waals surface area contributed by atoms with Crippen LogP contribution in [0.3, 0.4) is 0 Å². The first-order chi connectivity index (χ1) is 17.7. The van der Waals surface area contributed by atoms with Crippen LogP contribution in [0.4, 0.5) is 4.79 Å². The van der Waals surface area contributed by atoms with Crippen LogP contribution in [0.1, 0.15) is 84.4 Å². The Morgan fingerprint density at radius 2 is 1.62 bits per heavy atom. The maximum atomic E-state index is 13.4. The third-order valence-electron chi connectivity index (χ3n) is 7.87. The Morgan fingerprint density at radius 3 is 2.14 bits per heavy atom. The molecule has 1 aromatic carbocycles. The summed E-state index contributed by atoms with van der Waals surface area (Å²) >= 11 is 0. The van der Waals surface area contributed by atoms with Crippen LogP contribution in [-0.2, 0) is 14.3 Å². The fourth-order valence-corrected chi connectivity index (χ4v) is 5.10. The molecule has 4 amide bonds. The minimum atomic E-state index is -0.792. The fourth-order valence-electron chi connectivity index (χ4n) is 5.10. The highest BCUT2D eigenvalue weighted by Crippen LogP contribution is 2.46. The van der Waals surface area contributed by atoms with Gasteiger partial charge in [-0.15, -0.1) is 0 Å². The first-order valence-corrected chi connectivity index (χ1v) is 14.0. The molecule has 1 N–H and O–H groups in total. The number of imide groups is 1. The zero-order chi connectivity index (χ0) is 27.6. The standard InChI is InChI=1S/C29H48N4O4/c1-8-14-24(23-17-15-22(7)16-18-23)30-28(36)33-26(35)29(9-2,10-3)27(33)37-21-25(34)32(13-6)20-19-31(11-4)12-5/h15-18,24,27H,8-14,19-21H2,1-7H3,(H,30,36)/t24-,27?/m1/s1. The first kappa shape index (κ1) is 30.8. The summed E-state index contributed by atoms with van der Waals surface area (Å²) in [6, 6.07) is 7.40. The molecule has 1 aliphatic rings. The third kappa shape index (κ3) is 7.11. The van der Waals surface area contributed by atoms with Crippen molar-refractivity contribution in [2.75, 3.05) is 39.3 Å². The molecule has 0 spiro atoms. The van der Waals surface area contributed by atoms with Crippen LogP contribution in [-0.4, -0.2) is 78.1 Å². The molecule has 2 rings (SSSR count). The largest absolute Gasteiger partial charge is 0.347 e. The van der Waals surface area contributed by atoms with Gasteiger partial charge in [0, 0.05) is 19.6 Å². The Bertz CT molecular complexity index is 880. The van der Waals surface area contributed by atoms with Gasteiger partial charge in [-0.2, -0.15) is 0 Å². The van der Waals surface area contributed by atoms with Crippen molar-refractivity contribution < 1.29 is 19.1 Å². The van der Waals surface area contributed by atoms with Crippen molar-refractivity contribution >= 4 is 17.8 Å². The zero-order valence-corrected chi connectivity index (χ0v) is 24.0. The van der Waals surface area contributed by atoms with E-state index in [0.29, 0.717) is 25.9 Å². The lowest BCUT2D eigenvalue weighted by Crippen LogP contribution is -2.72. The molecule has 1 saturated heterocycles. The second kappa shape index (κ2) is 14.5. The molecule has 208 valence electrons. The Hall–Kier alpha value is -2.45. The summed E-state index contributed by atoms with van der Waals surface area (Å²) in [4.78, 5) is 44.9. The predicted octanol–water partition coefficient (Wildman–Crippen LogP) is 4.73. The summed E-state index contributed by atoms with van der Waals surface area (Å²) in [5, 5.41) is 3.05. The van der Waals surface area contributed by atoms with Gasteiger partial charge in [0.15, 0.2) is 6.23 Å². The Morgan fingerprint density at radius 1 is 1.00 bits per heavy atom. The SMILES string of the molecule is CCC[C@@H](NC(=O)N1C(=O)C(CC)(CC)C1OCC(=O)N(CC)CCN(CC)CC)c1ccc(C)cc1. The van der Waals surface area contributed by atoms with Gasteiger partial charge >= 0.3 is 6.03 Å². The van der Waals surface area contributed by atoms with Gasteiger partial charge in [-0.05, 0) is 51.8 Å². The number of hydrogen-bond acceptors (Lipinski definition) is 5. The molecule has 0 aliphatic carbocycles. The molecular weight excluding hydrogens is 468 g/mol. The number of ether oxygens (including phenoxy) is 1. The normalized spacial score (nSPS) is 17.5. The molecule has 1 fully saturated rings. The van der Waals surface area contributed by atoms with Crippen LogP contribution >= 0.6 is 0 Å². The van der Waals surface area contributed by atoms with Crippen molar-refractivity contribution in [2.24, 2.45) is 5.41 Å². The monoisotopic (exact) mass is 516 g/mol. The van der Waals surface area contributed by atoms with Gasteiger partial charge in [-0.1, -0.05) is 70.9 Å². The van der Waals surface area contributed by atoms with Gasteiger partial charge in [0.25, 0.3) is 0 Å². The van der Waals surface area contributed by atoms with Crippen LogP contribution < -0.4 is 5.32 Å². The number of likely N-dealkylation sites (N-methyl/N-ethyl adjacent to an activating group) is 2. The van der Waals surface area contributed by atoms with Gasteiger partial charge in [0.2, 0.25) is 11.8 Å². The highest BCUT2D eigenvalue weighted by atomic mass is 16.5. The van der Waals surface area contributed by atoms with Crippen LogP contribution in [0.5, 0.6) is 0 Å². The van der Waals surface area contributed by atoms with Crippen molar-refractivity contribution in [1.82, 2.24) is 20.0 Å². The number of rotatable bonds is 15. The topological polar surface area (TPSA) is 82.2 Å². The first-order valence-electron chi connectivity index (χ1n) is 14.0. The lowest BCUT2D eigenvalue weighted by atomic mass is 9.72. The maximum Gasteiger partial charge on any atom is 0.326 e. The van der Waals surface area contributed by atoms with Gasteiger partial charge in [-0.3, -0.25) is 9.59 Å². The molecule has 8 nitrogen and oxygen atoms in total. The van der Waals surface area contributed by atoms with Crippen molar-refractivity contribution in [3.63, 3.8) is 0 Å². The molecule has 37 heavy (non-hydrogen) atoms. The van der Waals surface area contributed by atoms with Crippen LogP contribution in [0.2, 0.25) is 0 Å². The van der Waals surface area contributed by atoms with E-state index in [1.54, 1.807) is 4.90 Å². The Labute approximate surface area is 223 Å². The van der Waals surface area contributed by atoms with E-state index >= 15 is 0 Å². The van der Waals surface area contributed by atoms with Crippen molar-refractivity contribution in [3.05, 3.63) is 35.4 Å². The summed E-state index contributed by atoms with van der Waals surface area (Å²) in [7, 11) is 0. The van der Waals surface area contributed by atoms with Gasteiger partial charge in [0.05, 0.1) is 11.5 Å². The third-order valence-corrected chi connectivity index (χ3v) is 7.87. The Balaban J connectivity index is 2.14. The quantitative estimate of drug-likeness (QED) is 0.341.